The fourth-order valence-corrected chi connectivity index (χ4v) is 3.70. The Labute approximate surface area is 206 Å². The van der Waals surface area contributed by atoms with Crippen molar-refractivity contribution in [3.8, 4) is 23.0 Å². The molecule has 8 nitrogen and oxygen atoms in total. The van der Waals surface area contributed by atoms with Gasteiger partial charge in [0.05, 0.1) is 32.6 Å². The van der Waals surface area contributed by atoms with Crippen molar-refractivity contribution in [3.63, 3.8) is 0 Å². The van der Waals surface area contributed by atoms with Gasteiger partial charge in [-0.15, -0.1) is 10.2 Å². The van der Waals surface area contributed by atoms with E-state index in [1.165, 1.54) is 21.3 Å². The number of hydrogen-bond donors (Lipinski definition) is 2. The normalized spacial score (nSPS) is 11.0. The zero-order chi connectivity index (χ0) is 24.9. The Balaban J connectivity index is 1.79. The number of nitrogens with zero attached hydrogens (tertiary/aromatic N) is 2. The minimum absolute atomic E-state index is 0.0144. The second-order valence-electron chi connectivity index (χ2n) is 7.38. The number of nitrogens with one attached hydrogen (secondary N) is 1. The first kappa shape index (κ1) is 23.8. The van der Waals surface area contributed by atoms with Crippen LogP contribution >= 0.6 is 11.6 Å². The van der Waals surface area contributed by atoms with Gasteiger partial charge in [0.25, 0.3) is 5.91 Å². The highest BCUT2D eigenvalue weighted by molar-refractivity contribution is 6.30. The Morgan fingerprint density at radius 2 is 1.63 bits per heavy atom. The van der Waals surface area contributed by atoms with E-state index in [2.05, 4.69) is 15.5 Å². The van der Waals surface area contributed by atoms with Gasteiger partial charge in [0, 0.05) is 16.5 Å². The number of halogens is 1. The van der Waals surface area contributed by atoms with Gasteiger partial charge in [-0.1, -0.05) is 35.9 Å². The largest absolute Gasteiger partial charge is 0.505 e. The molecule has 0 aliphatic carbocycles. The number of carbonyl (C=O) groups excluding carboxylic acids is 1. The number of carbonyl (C=O) groups is 1. The lowest BCUT2D eigenvalue weighted by atomic mass is 10.0. The molecule has 0 aromatic heterocycles. The molecule has 9 heteroatoms. The SMILES string of the molecule is COc1ccc(OC)c(NC(=O)c2cc3ccccc3c(N=Nc3cc(Cl)ccc3OC)c2O)c1. The first-order valence-corrected chi connectivity index (χ1v) is 10.9. The van der Waals surface area contributed by atoms with Gasteiger partial charge in [-0.25, -0.2) is 0 Å². The molecule has 0 heterocycles. The highest BCUT2D eigenvalue weighted by Crippen LogP contribution is 2.41. The highest BCUT2D eigenvalue weighted by Gasteiger charge is 2.20. The molecule has 0 saturated heterocycles. The molecule has 1 amide bonds. The molecule has 0 unspecified atom stereocenters. The number of phenols is 1. The average molecular weight is 492 g/mol. The van der Waals surface area contributed by atoms with E-state index in [-0.39, 0.29) is 17.0 Å². The fraction of sp³-hybridized carbons (Fsp3) is 0.115. The first-order valence-electron chi connectivity index (χ1n) is 10.5. The van der Waals surface area contributed by atoms with E-state index in [4.69, 9.17) is 25.8 Å². The number of amides is 1. The standard InChI is InChI=1S/C26H22ClN3O5/c1-33-17-9-11-22(34-2)20(14-17)28-26(32)19-12-15-6-4-5-7-18(15)24(25(19)31)30-29-21-13-16(27)8-10-23(21)35-3/h4-14,31H,1-3H3,(H,28,32). The summed E-state index contributed by atoms with van der Waals surface area (Å²) in [6.07, 6.45) is 0. The second kappa shape index (κ2) is 10.3. The average Bonchev–Trinajstić information content (AvgIpc) is 2.87. The molecular formula is C26H22ClN3O5. The molecule has 0 bridgehead atoms. The third-order valence-corrected chi connectivity index (χ3v) is 5.53. The number of methoxy groups -OCH3 is 3. The van der Waals surface area contributed by atoms with Crippen LogP contribution in [-0.4, -0.2) is 32.3 Å². The molecule has 4 aromatic carbocycles. The van der Waals surface area contributed by atoms with Crippen LogP contribution in [0.15, 0.2) is 77.0 Å². The zero-order valence-corrected chi connectivity index (χ0v) is 20.0. The van der Waals surface area contributed by atoms with Crippen molar-refractivity contribution in [2.75, 3.05) is 26.6 Å². The summed E-state index contributed by atoms with van der Waals surface area (Å²) in [6.45, 7) is 0. The molecule has 0 saturated carbocycles. The predicted octanol–water partition coefficient (Wildman–Crippen LogP) is 6.89. The lowest BCUT2D eigenvalue weighted by Crippen LogP contribution is -2.13. The molecule has 4 rings (SSSR count). The predicted molar refractivity (Wildman–Crippen MR) is 135 cm³/mol. The summed E-state index contributed by atoms with van der Waals surface area (Å²) in [5, 5.41) is 24.1. The Bertz CT molecular complexity index is 1440. The highest BCUT2D eigenvalue weighted by atomic mass is 35.5. The minimum Gasteiger partial charge on any atom is -0.505 e. The van der Waals surface area contributed by atoms with Gasteiger partial charge in [-0.3, -0.25) is 4.79 Å². The number of fused-ring (bicyclic) bond motifs is 1. The maximum Gasteiger partial charge on any atom is 0.259 e. The van der Waals surface area contributed by atoms with Crippen LogP contribution in [0.3, 0.4) is 0 Å². The Kier molecular flexibility index (Phi) is 7.03. The van der Waals surface area contributed by atoms with Crippen molar-refractivity contribution in [1.82, 2.24) is 0 Å². The molecule has 178 valence electrons. The van der Waals surface area contributed by atoms with Crippen LogP contribution < -0.4 is 19.5 Å². The summed E-state index contributed by atoms with van der Waals surface area (Å²) in [4.78, 5) is 13.2. The maximum atomic E-state index is 13.2. The van der Waals surface area contributed by atoms with Crippen LogP contribution in [0.5, 0.6) is 23.0 Å². The van der Waals surface area contributed by atoms with E-state index in [9.17, 15) is 9.90 Å². The smallest absolute Gasteiger partial charge is 0.259 e. The van der Waals surface area contributed by atoms with E-state index in [1.807, 2.05) is 18.2 Å². The number of rotatable bonds is 7. The summed E-state index contributed by atoms with van der Waals surface area (Å²) in [6, 6.07) is 18.8. The first-order chi connectivity index (χ1) is 16.9. The van der Waals surface area contributed by atoms with Crippen LogP contribution in [0.2, 0.25) is 5.02 Å². The summed E-state index contributed by atoms with van der Waals surface area (Å²) < 4.78 is 15.9. The third-order valence-electron chi connectivity index (χ3n) is 5.29. The number of hydrogen-bond acceptors (Lipinski definition) is 7. The second-order valence-corrected chi connectivity index (χ2v) is 7.82. The molecule has 0 fully saturated rings. The third kappa shape index (κ3) is 4.97. The van der Waals surface area contributed by atoms with E-state index in [0.717, 1.165) is 0 Å². The van der Waals surface area contributed by atoms with Crippen molar-refractivity contribution in [2.45, 2.75) is 0 Å². The lowest BCUT2D eigenvalue weighted by molar-refractivity contribution is 0.102. The Morgan fingerprint density at radius 1 is 0.886 bits per heavy atom. The van der Waals surface area contributed by atoms with Gasteiger partial charge >= 0.3 is 0 Å². The Morgan fingerprint density at radius 3 is 2.37 bits per heavy atom. The molecule has 2 N–H and O–H groups in total. The van der Waals surface area contributed by atoms with Crippen molar-refractivity contribution in [3.05, 3.63) is 77.3 Å². The quantitative estimate of drug-likeness (QED) is 0.274. The van der Waals surface area contributed by atoms with Crippen LogP contribution in [-0.2, 0) is 0 Å². The van der Waals surface area contributed by atoms with Gasteiger partial charge in [0.1, 0.15) is 28.6 Å². The summed E-state index contributed by atoms with van der Waals surface area (Å²) in [5.41, 5.74) is 0.907. The van der Waals surface area contributed by atoms with Gasteiger partial charge in [-0.2, -0.15) is 0 Å². The number of phenolic OH excluding ortho intramolecular Hbond substituents is 1. The van der Waals surface area contributed by atoms with Gasteiger partial charge in [0.15, 0.2) is 5.75 Å². The van der Waals surface area contributed by atoms with Gasteiger partial charge in [-0.05, 0) is 41.8 Å². The van der Waals surface area contributed by atoms with Crippen LogP contribution in [0.1, 0.15) is 10.4 Å². The molecule has 0 aliphatic heterocycles. The fourth-order valence-electron chi connectivity index (χ4n) is 3.54. The van der Waals surface area contributed by atoms with Crippen LogP contribution in [0.25, 0.3) is 10.8 Å². The van der Waals surface area contributed by atoms with Crippen molar-refractivity contribution < 1.29 is 24.1 Å². The van der Waals surface area contributed by atoms with E-state index >= 15 is 0 Å². The van der Waals surface area contributed by atoms with E-state index in [0.29, 0.717) is 44.4 Å². The summed E-state index contributed by atoms with van der Waals surface area (Å²) in [7, 11) is 4.52. The molecule has 0 atom stereocenters. The van der Waals surface area contributed by atoms with E-state index < -0.39 is 5.91 Å². The van der Waals surface area contributed by atoms with Crippen LogP contribution in [0, 0.1) is 0 Å². The van der Waals surface area contributed by atoms with Crippen molar-refractivity contribution in [1.29, 1.82) is 0 Å². The molecule has 0 spiro atoms. The summed E-state index contributed by atoms with van der Waals surface area (Å²) >= 11 is 6.09. The zero-order valence-electron chi connectivity index (χ0n) is 19.2. The molecule has 0 radical (unpaired) electrons. The topological polar surface area (TPSA) is 102 Å². The number of anilines is 1. The number of aromatic hydroxyl groups is 1. The molecule has 0 aliphatic rings. The monoisotopic (exact) mass is 491 g/mol. The van der Waals surface area contributed by atoms with E-state index in [1.54, 1.807) is 48.5 Å². The Hall–Kier alpha value is -4.30. The number of benzene rings is 4. The van der Waals surface area contributed by atoms with Crippen molar-refractivity contribution in [2.24, 2.45) is 10.2 Å². The number of azo groups is 1. The molecule has 35 heavy (non-hydrogen) atoms. The molecule has 4 aromatic rings. The molecular weight excluding hydrogens is 470 g/mol. The lowest BCUT2D eigenvalue weighted by Gasteiger charge is -2.14. The van der Waals surface area contributed by atoms with Gasteiger partial charge in [0.2, 0.25) is 0 Å². The minimum atomic E-state index is -0.559. The van der Waals surface area contributed by atoms with Crippen LogP contribution in [0.4, 0.5) is 17.1 Å². The van der Waals surface area contributed by atoms with Crippen molar-refractivity contribution >= 4 is 45.3 Å². The maximum absolute atomic E-state index is 13.2. The summed E-state index contributed by atoms with van der Waals surface area (Å²) in [5.74, 6) is 0.548. The van der Waals surface area contributed by atoms with Gasteiger partial charge < -0.3 is 24.6 Å². The number of ether oxygens (including phenoxy) is 3.